The number of ether oxygens (including phenoxy) is 1. The summed E-state index contributed by atoms with van der Waals surface area (Å²) in [5, 5.41) is 16.9. The molecule has 170 valence electrons. The number of rotatable bonds is 6. The lowest BCUT2D eigenvalue weighted by Crippen LogP contribution is -2.54. The molecule has 0 aromatic heterocycles. The lowest BCUT2D eigenvalue weighted by molar-refractivity contribution is -0.384. The summed E-state index contributed by atoms with van der Waals surface area (Å²) in [7, 11) is 1.39. The number of carbonyl (C=O) groups is 2. The van der Waals surface area contributed by atoms with E-state index in [9.17, 15) is 19.7 Å². The van der Waals surface area contributed by atoms with Crippen LogP contribution in [0.1, 0.15) is 36.8 Å². The predicted octanol–water partition coefficient (Wildman–Crippen LogP) is 4.85. The van der Waals surface area contributed by atoms with Crippen LogP contribution in [0.4, 0.5) is 21.9 Å². The Morgan fingerprint density at radius 1 is 1.12 bits per heavy atom. The first kappa shape index (κ1) is 23.4. The third-order valence-corrected chi connectivity index (χ3v) is 6.38. The van der Waals surface area contributed by atoms with Gasteiger partial charge in [-0.3, -0.25) is 19.2 Å². The van der Waals surface area contributed by atoms with Crippen LogP contribution in [0, 0.1) is 24.0 Å². The molecule has 0 saturated heterocycles. The molecule has 0 heterocycles. The van der Waals surface area contributed by atoms with Gasteiger partial charge in [0.2, 0.25) is 0 Å². The maximum Gasteiger partial charge on any atom is 0.332 e. The van der Waals surface area contributed by atoms with E-state index in [0.29, 0.717) is 18.5 Å². The van der Waals surface area contributed by atoms with Crippen molar-refractivity contribution < 1.29 is 19.2 Å². The van der Waals surface area contributed by atoms with E-state index in [1.807, 2.05) is 32.0 Å². The van der Waals surface area contributed by atoms with Crippen molar-refractivity contribution in [3.63, 3.8) is 0 Å². The van der Waals surface area contributed by atoms with Crippen molar-refractivity contribution in [2.75, 3.05) is 17.7 Å². The molecule has 0 unspecified atom stereocenters. The number of nitro groups is 1. The molecule has 1 aliphatic carbocycles. The fourth-order valence-corrected chi connectivity index (χ4v) is 4.33. The maximum absolute atomic E-state index is 13.4. The van der Waals surface area contributed by atoms with Crippen LogP contribution in [0.2, 0.25) is 0 Å². The van der Waals surface area contributed by atoms with Gasteiger partial charge in [0.05, 0.1) is 18.1 Å². The Bertz CT molecular complexity index is 1030. The lowest BCUT2D eigenvalue weighted by atomic mass is 9.95. The Kier molecular flexibility index (Phi) is 6.93. The van der Waals surface area contributed by atoms with Gasteiger partial charge in [-0.25, -0.2) is 4.79 Å². The van der Waals surface area contributed by atoms with E-state index >= 15 is 0 Å². The number of hydrogen-bond acceptors (Lipinski definition) is 6. The first-order valence-corrected chi connectivity index (χ1v) is 10.6. The molecule has 3 rings (SSSR count). The molecule has 0 bridgehead atoms. The Morgan fingerprint density at radius 3 is 2.31 bits per heavy atom. The number of hydrogen-bond donors (Lipinski definition) is 3. The van der Waals surface area contributed by atoms with Crippen LogP contribution in [0.3, 0.4) is 0 Å². The number of anilines is 2. The topological polar surface area (TPSA) is 114 Å². The van der Waals surface area contributed by atoms with Gasteiger partial charge in [-0.05, 0) is 49.9 Å². The molecular formula is C22H26N4O5S. The summed E-state index contributed by atoms with van der Waals surface area (Å²) >= 11 is 4.38. The molecule has 9 nitrogen and oxygen atoms in total. The van der Waals surface area contributed by atoms with Crippen LogP contribution in [0.5, 0.6) is 5.75 Å². The van der Waals surface area contributed by atoms with Crippen molar-refractivity contribution in [1.82, 2.24) is 4.31 Å². The second-order valence-electron chi connectivity index (χ2n) is 7.84. The third kappa shape index (κ3) is 4.50. The minimum absolute atomic E-state index is 0.0110. The normalized spacial score (nSPS) is 14.5. The van der Waals surface area contributed by atoms with Gasteiger partial charge in [0.25, 0.3) is 11.6 Å². The summed E-state index contributed by atoms with van der Waals surface area (Å²) in [6, 6.07) is 9.10. The lowest BCUT2D eigenvalue weighted by Gasteiger charge is -2.36. The molecule has 0 spiro atoms. The largest absolute Gasteiger partial charge is 0.496 e. The first-order chi connectivity index (χ1) is 15.2. The highest BCUT2D eigenvalue weighted by Gasteiger charge is 2.48. The highest BCUT2D eigenvalue weighted by atomic mass is 32.1. The fraction of sp³-hybridized carbons (Fsp3) is 0.364. The average Bonchev–Trinajstić information content (AvgIpc) is 3.27. The van der Waals surface area contributed by atoms with E-state index in [4.69, 9.17) is 4.74 Å². The van der Waals surface area contributed by atoms with E-state index < -0.39 is 16.5 Å². The van der Waals surface area contributed by atoms with Crippen LogP contribution in [0.15, 0.2) is 36.4 Å². The quantitative estimate of drug-likeness (QED) is 0.325. The number of benzene rings is 2. The summed E-state index contributed by atoms with van der Waals surface area (Å²) in [5.41, 5.74) is 1.02. The Balaban J connectivity index is 1.86. The highest BCUT2D eigenvalue weighted by Crippen LogP contribution is 2.39. The van der Waals surface area contributed by atoms with Gasteiger partial charge < -0.3 is 15.4 Å². The Hall–Kier alpha value is -3.27. The number of carbonyl (C=O) groups excluding carboxylic acids is 2. The summed E-state index contributed by atoms with van der Waals surface area (Å²) < 4.78 is 6.09. The number of aryl methyl sites for hydroxylation is 2. The van der Waals surface area contributed by atoms with Gasteiger partial charge in [0.1, 0.15) is 17.0 Å². The molecule has 1 saturated carbocycles. The number of urea groups is 1. The SMILES string of the molecule is COc1ccc(NC(=O)N(S)C2(C(=O)Nc3c(C)cccc3C)CCCC2)c([N+](=O)[O-])c1. The van der Waals surface area contributed by atoms with Crippen molar-refractivity contribution in [3.8, 4) is 5.75 Å². The molecule has 0 radical (unpaired) electrons. The minimum atomic E-state index is -1.18. The zero-order valence-electron chi connectivity index (χ0n) is 18.2. The number of nitro benzene ring substituents is 1. The smallest absolute Gasteiger partial charge is 0.332 e. The molecule has 2 N–H and O–H groups in total. The summed E-state index contributed by atoms with van der Waals surface area (Å²) in [6.45, 7) is 3.80. The first-order valence-electron chi connectivity index (χ1n) is 10.2. The molecule has 0 atom stereocenters. The van der Waals surface area contributed by atoms with Crippen molar-refractivity contribution >= 4 is 41.8 Å². The van der Waals surface area contributed by atoms with Gasteiger partial charge in [-0.15, -0.1) is 0 Å². The molecule has 2 aromatic rings. The van der Waals surface area contributed by atoms with Crippen LogP contribution in [-0.2, 0) is 4.79 Å². The Morgan fingerprint density at radius 2 is 1.75 bits per heavy atom. The maximum atomic E-state index is 13.4. The standard InChI is InChI=1S/C22H26N4O5S/c1-14-7-6-8-15(2)19(14)24-20(27)22(11-4-5-12-22)25(32)21(28)23-17-10-9-16(31-3)13-18(17)26(29)30/h6-10,13,32H,4-5,11-12H2,1-3H3,(H,23,28)(H,24,27). The average molecular weight is 459 g/mol. The van der Waals surface area contributed by atoms with Crippen molar-refractivity contribution in [3.05, 3.63) is 57.6 Å². The van der Waals surface area contributed by atoms with E-state index in [-0.39, 0.29) is 23.0 Å². The predicted molar refractivity (Wildman–Crippen MR) is 125 cm³/mol. The number of amides is 3. The highest BCUT2D eigenvalue weighted by molar-refractivity contribution is 7.78. The molecule has 1 fully saturated rings. The molecule has 2 aromatic carbocycles. The molecule has 10 heteroatoms. The van der Waals surface area contributed by atoms with Gasteiger partial charge in [-0.1, -0.05) is 43.9 Å². The van der Waals surface area contributed by atoms with Crippen molar-refractivity contribution in [2.24, 2.45) is 0 Å². The number of methoxy groups -OCH3 is 1. The molecule has 1 aliphatic rings. The molecular weight excluding hydrogens is 432 g/mol. The Labute approximate surface area is 191 Å². The van der Waals surface area contributed by atoms with Crippen molar-refractivity contribution in [1.29, 1.82) is 0 Å². The van der Waals surface area contributed by atoms with Crippen LogP contribution < -0.4 is 15.4 Å². The van der Waals surface area contributed by atoms with Crippen LogP contribution >= 0.6 is 12.8 Å². The van der Waals surface area contributed by atoms with Gasteiger partial charge in [0.15, 0.2) is 0 Å². The molecule has 0 aliphatic heterocycles. The van der Waals surface area contributed by atoms with E-state index in [1.165, 1.54) is 25.3 Å². The zero-order valence-corrected chi connectivity index (χ0v) is 19.1. The number of para-hydroxylation sites is 1. The van der Waals surface area contributed by atoms with Gasteiger partial charge >= 0.3 is 6.03 Å². The van der Waals surface area contributed by atoms with Crippen molar-refractivity contribution in [2.45, 2.75) is 45.1 Å². The number of thiol groups is 1. The zero-order chi connectivity index (χ0) is 23.5. The summed E-state index contributed by atoms with van der Waals surface area (Å²) in [5.74, 6) is -0.0422. The van der Waals surface area contributed by atoms with E-state index in [1.54, 1.807) is 0 Å². The monoisotopic (exact) mass is 458 g/mol. The summed E-state index contributed by atoms with van der Waals surface area (Å²) in [6.07, 6.45) is 2.39. The molecule has 3 amide bonds. The van der Waals surface area contributed by atoms with Crippen LogP contribution in [0.25, 0.3) is 0 Å². The van der Waals surface area contributed by atoms with Crippen LogP contribution in [-0.4, -0.2) is 33.8 Å². The van der Waals surface area contributed by atoms with E-state index in [0.717, 1.165) is 28.3 Å². The second kappa shape index (κ2) is 9.47. The summed E-state index contributed by atoms with van der Waals surface area (Å²) in [4.78, 5) is 37.2. The van der Waals surface area contributed by atoms with Gasteiger partial charge in [0, 0.05) is 5.69 Å². The second-order valence-corrected chi connectivity index (χ2v) is 8.24. The van der Waals surface area contributed by atoms with Gasteiger partial charge in [-0.2, -0.15) is 0 Å². The number of nitrogens with zero attached hydrogens (tertiary/aromatic N) is 2. The third-order valence-electron chi connectivity index (χ3n) is 5.81. The fourth-order valence-electron chi connectivity index (χ4n) is 3.99. The number of nitrogens with one attached hydrogen (secondary N) is 2. The minimum Gasteiger partial charge on any atom is -0.496 e. The van der Waals surface area contributed by atoms with E-state index in [2.05, 4.69) is 23.4 Å². The molecule has 32 heavy (non-hydrogen) atoms.